The topological polar surface area (TPSA) is 319 Å². The van der Waals surface area contributed by atoms with Gasteiger partial charge in [-0.05, 0) is 60.8 Å². The van der Waals surface area contributed by atoms with Crippen molar-refractivity contribution in [2.24, 2.45) is 5.92 Å². The molecule has 7 heterocycles. The van der Waals surface area contributed by atoms with E-state index in [-0.39, 0.29) is 47.7 Å². The SMILES string of the molecule is CC[C@H]1O[C@@H](n2cc(C)c(=O)[nH]c2=O)[C@@H](OC(C)C)C1O.CC[C@H]1O[C@@H](n2cc(C)c(=O)[nH]c2=O)[C@@H](O[C@H](C)C(=O)NC)C1O.CC[C@H]1O[C@@H]2[C@H](Oc3nc(=O)c(C)cn32)C1O.CNC(=O)C(C)C. The number of aliphatic hydroxyl groups excluding tert-OH is 3. The number of carbonyl (C=O) groups is 2. The van der Waals surface area contributed by atoms with Crippen molar-refractivity contribution in [2.45, 2.75) is 181 Å². The lowest BCUT2D eigenvalue weighted by Crippen LogP contribution is -2.43. The minimum Gasteiger partial charge on any atom is -0.453 e. The molecule has 7 N–H and O–H groups in total. The molecule has 0 radical (unpaired) electrons. The molecule has 24 nitrogen and oxygen atoms in total. The van der Waals surface area contributed by atoms with E-state index in [1.807, 2.05) is 48.5 Å². The molecule has 2 amide bonds. The number of aliphatic hydroxyl groups is 3. The first kappa shape index (κ1) is 56.2. The summed E-state index contributed by atoms with van der Waals surface area (Å²) in [6, 6.07) is 0.226. The lowest BCUT2D eigenvalue weighted by atomic mass is 10.1. The number of fused-ring (bicyclic) bond motifs is 3. The van der Waals surface area contributed by atoms with E-state index < -0.39 is 89.9 Å². The molecule has 3 aromatic heterocycles. The number of aromatic nitrogens is 6. The maximum absolute atomic E-state index is 12.1. The molecule has 3 fully saturated rings. The first-order valence-corrected chi connectivity index (χ1v) is 23.1. The zero-order valence-electron chi connectivity index (χ0n) is 41.5. The highest BCUT2D eigenvalue weighted by Gasteiger charge is 2.51. The van der Waals surface area contributed by atoms with Gasteiger partial charge in [-0.15, -0.1) is 0 Å². The Morgan fingerprint density at radius 1 is 0.652 bits per heavy atom. The summed E-state index contributed by atoms with van der Waals surface area (Å²) >= 11 is 0. The molecule has 0 saturated carbocycles. The third kappa shape index (κ3) is 13.1. The molecule has 0 aliphatic carbocycles. The van der Waals surface area contributed by atoms with E-state index in [4.69, 9.17) is 28.4 Å². The number of nitrogens with one attached hydrogen (secondary N) is 4. The maximum Gasteiger partial charge on any atom is 0.330 e. The highest BCUT2D eigenvalue weighted by atomic mass is 16.6. The molecule has 3 unspecified atom stereocenters. The van der Waals surface area contributed by atoms with Crippen LogP contribution >= 0.6 is 0 Å². The maximum atomic E-state index is 12.1. The number of hydrogen-bond acceptors (Lipinski definition) is 17. The molecule has 7 rings (SSSR count). The number of rotatable bonds is 11. The van der Waals surface area contributed by atoms with Crippen LogP contribution in [0.5, 0.6) is 6.01 Å². The smallest absolute Gasteiger partial charge is 0.330 e. The van der Waals surface area contributed by atoms with Crippen LogP contribution in [0.15, 0.2) is 42.6 Å². The number of amides is 2. The molecule has 0 bridgehead atoms. The Balaban J connectivity index is 0.000000213. The van der Waals surface area contributed by atoms with Crippen molar-refractivity contribution in [1.29, 1.82) is 0 Å². The second kappa shape index (κ2) is 24.5. The number of nitrogens with zero attached hydrogens (tertiary/aromatic N) is 4. The second-order valence-corrected chi connectivity index (χ2v) is 17.6. The molecule has 386 valence electrons. The van der Waals surface area contributed by atoms with Crippen LogP contribution in [0.3, 0.4) is 0 Å². The Hall–Kier alpha value is -5.34. The molecular formula is C45H70N8O16. The number of aryl methyl sites for hydroxylation is 3. The Morgan fingerprint density at radius 2 is 1.07 bits per heavy atom. The first-order valence-electron chi connectivity index (χ1n) is 23.1. The van der Waals surface area contributed by atoms with Gasteiger partial charge < -0.3 is 54.4 Å². The molecule has 3 aromatic rings. The van der Waals surface area contributed by atoms with Crippen LogP contribution in [0.25, 0.3) is 0 Å². The van der Waals surface area contributed by atoms with Gasteiger partial charge in [0.25, 0.3) is 16.7 Å². The standard InChI is InChI=1S/C15H23N3O6.C14H22N2O5.C11H14N2O4.C5H11NO/c1-5-9-10(19)11(23-8(3)13(21)16-4)14(24-9)18-6-7(2)12(20)17-15(18)22;1-5-9-10(17)11(20-7(2)3)13(21-9)16-6-8(4)12(18)15-14(16)19;1-3-6-7(14)8-10(16-6)13-4-5(2)9(15)12-11(13)17-8;1-4(2)5(7)6-3/h6,8-11,14,19H,5H2,1-4H3,(H,16,21)(H,17,20,22);6-7,9-11,13,17H,5H2,1-4H3,(H,15,18,19);4,6-8,10,14H,3H2,1-2H3;4H,1-3H3,(H,6,7)/t8-,9-,10?,11+,14-;9-,10?,11+,13-;6-,7?,8-,10-;/m111./s1. The summed E-state index contributed by atoms with van der Waals surface area (Å²) in [4.78, 5) is 88.8. The van der Waals surface area contributed by atoms with Crippen molar-refractivity contribution >= 4 is 11.8 Å². The summed E-state index contributed by atoms with van der Waals surface area (Å²) in [7, 11) is 3.12. The van der Waals surface area contributed by atoms with Gasteiger partial charge in [0.2, 0.25) is 11.8 Å². The fraction of sp³-hybridized carbons (Fsp3) is 0.689. The molecule has 0 aromatic carbocycles. The van der Waals surface area contributed by atoms with Gasteiger partial charge in [-0.25, -0.2) is 9.59 Å². The predicted molar refractivity (Wildman–Crippen MR) is 248 cm³/mol. The van der Waals surface area contributed by atoms with Gasteiger partial charge in [-0.1, -0.05) is 34.6 Å². The monoisotopic (exact) mass is 978 g/mol. The Kier molecular flexibility index (Phi) is 20.0. The Morgan fingerprint density at radius 3 is 1.48 bits per heavy atom. The van der Waals surface area contributed by atoms with E-state index in [2.05, 4.69) is 25.6 Å². The zero-order valence-corrected chi connectivity index (χ0v) is 41.5. The number of likely N-dealkylation sites (N-methyl/N-ethyl adjacent to an activating group) is 1. The van der Waals surface area contributed by atoms with Gasteiger partial charge in [0, 0.05) is 55.3 Å². The van der Waals surface area contributed by atoms with E-state index in [0.717, 1.165) is 6.42 Å². The van der Waals surface area contributed by atoms with Gasteiger partial charge >= 0.3 is 17.4 Å². The average Bonchev–Trinajstić information content (AvgIpc) is 4.01. The van der Waals surface area contributed by atoms with E-state index in [1.54, 1.807) is 45.5 Å². The third-order valence-electron chi connectivity index (χ3n) is 11.8. The molecule has 24 heteroatoms. The van der Waals surface area contributed by atoms with Gasteiger partial charge in [0.05, 0.1) is 24.4 Å². The van der Waals surface area contributed by atoms with Crippen LogP contribution in [-0.4, -0.2) is 137 Å². The van der Waals surface area contributed by atoms with E-state index in [0.29, 0.717) is 29.5 Å². The molecule has 4 aliphatic heterocycles. The van der Waals surface area contributed by atoms with Gasteiger partial charge in [-0.2, -0.15) is 4.98 Å². The number of carbonyl (C=O) groups excluding carboxylic acids is 2. The summed E-state index contributed by atoms with van der Waals surface area (Å²) in [6.07, 6.45) is -2.47. The molecule has 3 saturated heterocycles. The summed E-state index contributed by atoms with van der Waals surface area (Å²) in [5.41, 5.74) is -1.20. The average molecular weight is 979 g/mol. The van der Waals surface area contributed by atoms with Crippen LogP contribution in [0.2, 0.25) is 0 Å². The van der Waals surface area contributed by atoms with Crippen molar-refractivity contribution < 1.29 is 53.3 Å². The van der Waals surface area contributed by atoms with Crippen LogP contribution in [0.4, 0.5) is 0 Å². The summed E-state index contributed by atoms with van der Waals surface area (Å²) in [6.45, 7) is 19.5. The van der Waals surface area contributed by atoms with Crippen molar-refractivity contribution in [3.05, 3.63) is 87.3 Å². The minimum absolute atomic E-state index is 0.0972. The molecule has 4 aliphatic rings. The number of ether oxygens (including phenoxy) is 6. The Labute approximate surface area is 398 Å². The lowest BCUT2D eigenvalue weighted by Gasteiger charge is -2.25. The zero-order chi connectivity index (χ0) is 51.8. The second-order valence-electron chi connectivity index (χ2n) is 17.6. The quantitative estimate of drug-likeness (QED) is 0.130. The van der Waals surface area contributed by atoms with Crippen molar-refractivity contribution in [3.63, 3.8) is 0 Å². The minimum atomic E-state index is -1.01. The van der Waals surface area contributed by atoms with Crippen molar-refractivity contribution in [2.75, 3.05) is 14.1 Å². The van der Waals surface area contributed by atoms with Gasteiger partial charge in [0.1, 0.15) is 36.6 Å². The lowest BCUT2D eigenvalue weighted by molar-refractivity contribution is -0.144. The van der Waals surface area contributed by atoms with Crippen LogP contribution in [-0.2, 0) is 33.3 Å². The van der Waals surface area contributed by atoms with Crippen molar-refractivity contribution in [1.82, 2.24) is 39.3 Å². The highest BCUT2D eigenvalue weighted by Crippen LogP contribution is 2.40. The normalized spacial score (nSPS) is 28.0. The van der Waals surface area contributed by atoms with Crippen molar-refractivity contribution in [3.8, 4) is 6.01 Å². The molecular weight excluding hydrogens is 909 g/mol. The van der Waals surface area contributed by atoms with E-state index >= 15 is 0 Å². The third-order valence-corrected chi connectivity index (χ3v) is 11.8. The fourth-order valence-corrected chi connectivity index (χ4v) is 7.86. The summed E-state index contributed by atoms with van der Waals surface area (Å²) in [5, 5.41) is 35.7. The molecule has 13 atom stereocenters. The molecule has 0 spiro atoms. The highest BCUT2D eigenvalue weighted by molar-refractivity contribution is 5.80. The Bertz CT molecular complexity index is 2520. The van der Waals surface area contributed by atoms with E-state index in [9.17, 15) is 48.9 Å². The molecule has 69 heavy (non-hydrogen) atoms. The van der Waals surface area contributed by atoms with Crippen LogP contribution in [0, 0.1) is 26.7 Å². The van der Waals surface area contributed by atoms with Crippen LogP contribution in [0.1, 0.15) is 110 Å². The summed E-state index contributed by atoms with van der Waals surface area (Å²) < 4.78 is 38.2. The van der Waals surface area contributed by atoms with Crippen LogP contribution < -0.4 is 43.4 Å². The van der Waals surface area contributed by atoms with E-state index in [1.165, 1.54) is 28.6 Å². The number of H-pyrrole nitrogens is 2. The summed E-state index contributed by atoms with van der Waals surface area (Å²) in [5.74, 6) is -0.143. The van der Waals surface area contributed by atoms with Gasteiger partial charge in [-0.3, -0.25) is 47.6 Å². The fourth-order valence-electron chi connectivity index (χ4n) is 7.86. The van der Waals surface area contributed by atoms with Gasteiger partial charge in [0.15, 0.2) is 24.8 Å². The first-order chi connectivity index (χ1) is 32.4. The largest absolute Gasteiger partial charge is 0.453 e. The number of hydrogen-bond donors (Lipinski definition) is 7. The number of aromatic amines is 2. The predicted octanol–water partition coefficient (Wildman–Crippen LogP) is -0.291.